The van der Waals surface area contributed by atoms with Gasteiger partial charge in [0.05, 0.1) is 15.4 Å². The van der Waals surface area contributed by atoms with Crippen molar-refractivity contribution in [3.8, 4) is 11.3 Å². The predicted molar refractivity (Wildman–Crippen MR) is 114 cm³/mol. The van der Waals surface area contributed by atoms with Gasteiger partial charge in [-0.05, 0) is 55.1 Å². The Labute approximate surface area is 167 Å². The highest BCUT2D eigenvalue weighted by atomic mass is 32.1. The van der Waals surface area contributed by atoms with Crippen LogP contribution >= 0.6 is 11.3 Å². The summed E-state index contributed by atoms with van der Waals surface area (Å²) in [5.41, 5.74) is 4.15. The summed E-state index contributed by atoms with van der Waals surface area (Å²) in [6, 6.07) is 11.7. The molecule has 4 heteroatoms. The molecule has 0 saturated carbocycles. The van der Waals surface area contributed by atoms with Crippen LogP contribution in [0.3, 0.4) is 0 Å². The van der Waals surface area contributed by atoms with Crippen LogP contribution in [0.25, 0.3) is 43.4 Å². The third-order valence-electron chi connectivity index (χ3n) is 4.85. The molecule has 134 valence electrons. The van der Waals surface area contributed by atoms with E-state index in [1.165, 1.54) is 6.20 Å². The summed E-state index contributed by atoms with van der Waals surface area (Å²) in [7, 11) is 0. The second-order valence-electron chi connectivity index (χ2n) is 6.92. The summed E-state index contributed by atoms with van der Waals surface area (Å²) < 4.78 is 39.4. The Kier molecular flexibility index (Phi) is 2.76. The molecule has 3 heterocycles. The van der Waals surface area contributed by atoms with Gasteiger partial charge in [-0.3, -0.25) is 4.98 Å². The van der Waals surface area contributed by atoms with Gasteiger partial charge in [-0.15, -0.1) is 11.3 Å². The van der Waals surface area contributed by atoms with E-state index in [0.717, 1.165) is 37.1 Å². The number of nitrogens with zero attached hydrogens (tertiary/aromatic N) is 2. The molecule has 0 fully saturated rings. The SMILES string of the molecule is [2H]C([2H])([2H])c1cnc(-c2cccc3c2oc2c3ccc3sc(C)nc32)cc1C([2H])(C)C. The summed E-state index contributed by atoms with van der Waals surface area (Å²) in [6.45, 7) is 3.01. The number of aryl methyl sites for hydroxylation is 2. The van der Waals surface area contributed by atoms with Gasteiger partial charge in [-0.2, -0.15) is 0 Å². The third-order valence-corrected chi connectivity index (χ3v) is 5.79. The molecule has 0 saturated heterocycles. The largest absolute Gasteiger partial charge is 0.453 e. The average Bonchev–Trinajstić information content (AvgIpc) is 3.25. The van der Waals surface area contributed by atoms with E-state index in [-0.39, 0.29) is 5.56 Å². The monoisotopic (exact) mass is 376 g/mol. The standard InChI is InChI=1S/C23H20N2OS/c1-12(2)18-10-19(24-11-13(18)3)17-7-5-6-15-16-8-9-20-21(25-14(4)27-20)23(16)26-22(15)17/h5-12H,1-4H3/i3D3,12D. The minimum atomic E-state index is -2.33. The molecule has 0 atom stereocenters. The summed E-state index contributed by atoms with van der Waals surface area (Å²) in [6.07, 6.45) is 1.37. The van der Waals surface area contributed by atoms with Crippen LogP contribution in [0.5, 0.6) is 0 Å². The predicted octanol–water partition coefficient (Wildman–Crippen LogP) is 7.00. The van der Waals surface area contributed by atoms with Crippen LogP contribution in [0.2, 0.25) is 0 Å². The maximum atomic E-state index is 8.49. The molecule has 3 aromatic heterocycles. The third kappa shape index (κ3) is 2.47. The molecule has 5 rings (SSSR count). The normalized spacial score (nSPS) is 15.1. The van der Waals surface area contributed by atoms with E-state index in [1.54, 1.807) is 31.3 Å². The van der Waals surface area contributed by atoms with Crippen LogP contribution in [-0.4, -0.2) is 9.97 Å². The molecule has 0 amide bonds. The Bertz CT molecular complexity index is 1470. The van der Waals surface area contributed by atoms with E-state index in [1.807, 2.05) is 31.2 Å². The van der Waals surface area contributed by atoms with Crippen LogP contribution in [0.1, 0.15) is 41.4 Å². The molecule has 2 aromatic carbocycles. The number of hydrogen-bond acceptors (Lipinski definition) is 4. The molecule has 0 N–H and O–H groups in total. The van der Waals surface area contributed by atoms with Crippen LogP contribution < -0.4 is 0 Å². The van der Waals surface area contributed by atoms with Crippen molar-refractivity contribution < 1.29 is 9.90 Å². The molecule has 0 aliphatic rings. The first-order chi connectivity index (χ1) is 14.5. The Morgan fingerprint density at radius 3 is 2.81 bits per heavy atom. The van der Waals surface area contributed by atoms with Crippen LogP contribution in [-0.2, 0) is 0 Å². The molecular formula is C23H20N2OS. The van der Waals surface area contributed by atoms with Crippen molar-refractivity contribution in [2.24, 2.45) is 0 Å². The zero-order valence-electron chi connectivity index (χ0n) is 19.3. The van der Waals surface area contributed by atoms with Crippen LogP contribution in [0.15, 0.2) is 47.0 Å². The lowest BCUT2D eigenvalue weighted by atomic mass is 9.97. The van der Waals surface area contributed by atoms with Crippen molar-refractivity contribution in [3.63, 3.8) is 0 Å². The van der Waals surface area contributed by atoms with E-state index in [4.69, 9.17) is 9.90 Å². The second-order valence-corrected chi connectivity index (χ2v) is 8.16. The lowest BCUT2D eigenvalue weighted by molar-refractivity contribution is 0.672. The number of furan rings is 1. The topological polar surface area (TPSA) is 38.9 Å². The fourth-order valence-electron chi connectivity index (χ4n) is 3.58. The molecule has 0 radical (unpaired) electrons. The van der Waals surface area contributed by atoms with Gasteiger partial charge < -0.3 is 4.42 Å². The molecule has 0 aliphatic carbocycles. The summed E-state index contributed by atoms with van der Waals surface area (Å²) in [5.74, 6) is -1.09. The number of fused-ring (bicyclic) bond motifs is 5. The minimum Gasteiger partial charge on any atom is -0.453 e. The zero-order chi connectivity index (χ0) is 22.1. The fraction of sp³-hybridized carbons (Fsp3) is 0.217. The van der Waals surface area contributed by atoms with Gasteiger partial charge in [0.2, 0.25) is 0 Å². The van der Waals surface area contributed by atoms with Crippen LogP contribution in [0.4, 0.5) is 0 Å². The molecule has 0 unspecified atom stereocenters. The first-order valence-corrected chi connectivity index (χ1v) is 9.58. The quantitative estimate of drug-likeness (QED) is 0.333. The first kappa shape index (κ1) is 12.6. The summed E-state index contributed by atoms with van der Waals surface area (Å²) >= 11 is 1.63. The highest BCUT2D eigenvalue weighted by Crippen LogP contribution is 2.39. The fourth-order valence-corrected chi connectivity index (χ4v) is 4.40. The number of para-hydroxylation sites is 1. The maximum absolute atomic E-state index is 8.49. The lowest BCUT2D eigenvalue weighted by Crippen LogP contribution is -1.95. The Balaban J connectivity index is 1.80. The molecule has 0 aliphatic heterocycles. The van der Waals surface area contributed by atoms with Gasteiger partial charge in [-0.25, -0.2) is 4.98 Å². The van der Waals surface area contributed by atoms with Crippen molar-refractivity contribution >= 4 is 43.5 Å². The summed E-state index contributed by atoms with van der Waals surface area (Å²) in [4.78, 5) is 9.11. The van der Waals surface area contributed by atoms with E-state index in [0.29, 0.717) is 16.8 Å². The van der Waals surface area contributed by atoms with Gasteiger partial charge >= 0.3 is 0 Å². The Morgan fingerprint density at radius 1 is 1.15 bits per heavy atom. The molecule has 0 spiro atoms. The Hall–Kier alpha value is -2.72. The molecular weight excluding hydrogens is 352 g/mol. The molecule has 3 nitrogen and oxygen atoms in total. The highest BCUT2D eigenvalue weighted by Gasteiger charge is 2.17. The van der Waals surface area contributed by atoms with Gasteiger partial charge in [0, 0.05) is 28.0 Å². The number of pyridine rings is 1. The smallest absolute Gasteiger partial charge is 0.162 e. The van der Waals surface area contributed by atoms with Gasteiger partial charge in [0.25, 0.3) is 0 Å². The molecule has 27 heavy (non-hydrogen) atoms. The van der Waals surface area contributed by atoms with Gasteiger partial charge in [0.1, 0.15) is 11.1 Å². The number of hydrogen-bond donors (Lipinski definition) is 0. The minimum absolute atomic E-state index is 0.104. The van der Waals surface area contributed by atoms with Crippen molar-refractivity contribution in [2.45, 2.75) is 33.5 Å². The van der Waals surface area contributed by atoms with Gasteiger partial charge in [0.15, 0.2) is 5.58 Å². The number of thiazole rings is 1. The average molecular weight is 377 g/mol. The van der Waals surface area contributed by atoms with E-state index >= 15 is 0 Å². The lowest BCUT2D eigenvalue weighted by Gasteiger charge is -2.11. The van der Waals surface area contributed by atoms with Crippen molar-refractivity contribution in [1.82, 2.24) is 9.97 Å². The highest BCUT2D eigenvalue weighted by molar-refractivity contribution is 7.18. The van der Waals surface area contributed by atoms with Crippen LogP contribution in [0, 0.1) is 13.8 Å². The zero-order valence-corrected chi connectivity index (χ0v) is 16.1. The number of aromatic nitrogens is 2. The van der Waals surface area contributed by atoms with Crippen molar-refractivity contribution in [3.05, 3.63) is 58.7 Å². The maximum Gasteiger partial charge on any atom is 0.162 e. The molecule has 0 bridgehead atoms. The van der Waals surface area contributed by atoms with E-state index in [9.17, 15) is 0 Å². The molecule has 5 aromatic rings. The number of benzene rings is 2. The van der Waals surface area contributed by atoms with E-state index in [2.05, 4.69) is 16.0 Å². The van der Waals surface area contributed by atoms with Gasteiger partial charge in [-0.1, -0.05) is 26.0 Å². The van der Waals surface area contributed by atoms with Crippen molar-refractivity contribution in [1.29, 1.82) is 0 Å². The van der Waals surface area contributed by atoms with Crippen molar-refractivity contribution in [2.75, 3.05) is 0 Å². The first-order valence-electron chi connectivity index (χ1n) is 10.8. The summed E-state index contributed by atoms with van der Waals surface area (Å²) in [5, 5.41) is 2.91. The second kappa shape index (κ2) is 5.89. The Morgan fingerprint density at radius 2 is 2.00 bits per heavy atom. The van der Waals surface area contributed by atoms with E-state index < -0.39 is 12.7 Å². The number of rotatable bonds is 2.